The van der Waals surface area contributed by atoms with Crippen LogP contribution in [0.5, 0.6) is 11.5 Å². The first-order valence-electron chi connectivity index (χ1n) is 7.59. The third-order valence-electron chi connectivity index (χ3n) is 3.44. The highest BCUT2D eigenvalue weighted by Gasteiger charge is 2.09. The molecular formula is C19H19N3O3. The standard InChI is InChI=1S/C19H19N3O3/c1-24-16-8-9-17(18(10-16)25-2)21-13-15(11-20)19(23)22-12-14-6-4-3-5-7-14/h3-10,13,21H,12H2,1-2H3,(H,22,23)/b15-13-. The lowest BCUT2D eigenvalue weighted by Gasteiger charge is -2.10. The molecule has 0 radical (unpaired) electrons. The van der Waals surface area contributed by atoms with Crippen molar-refractivity contribution in [3.8, 4) is 17.6 Å². The molecule has 2 N–H and O–H groups in total. The number of ether oxygens (including phenoxy) is 2. The van der Waals surface area contributed by atoms with E-state index in [1.54, 1.807) is 25.3 Å². The van der Waals surface area contributed by atoms with Crippen LogP contribution in [0.4, 0.5) is 5.69 Å². The molecule has 0 unspecified atom stereocenters. The van der Waals surface area contributed by atoms with Gasteiger partial charge in [-0.25, -0.2) is 0 Å². The van der Waals surface area contributed by atoms with E-state index in [4.69, 9.17) is 9.47 Å². The summed E-state index contributed by atoms with van der Waals surface area (Å²) in [6.45, 7) is 0.352. The molecule has 0 aliphatic rings. The third-order valence-corrected chi connectivity index (χ3v) is 3.44. The van der Waals surface area contributed by atoms with E-state index in [1.807, 2.05) is 36.4 Å². The molecule has 0 aliphatic carbocycles. The highest BCUT2D eigenvalue weighted by atomic mass is 16.5. The molecule has 2 rings (SSSR count). The van der Waals surface area contributed by atoms with Crippen molar-refractivity contribution in [2.75, 3.05) is 19.5 Å². The molecule has 0 heterocycles. The number of methoxy groups -OCH3 is 2. The molecule has 0 bridgehead atoms. The van der Waals surface area contributed by atoms with Gasteiger partial charge < -0.3 is 20.1 Å². The van der Waals surface area contributed by atoms with Crippen molar-refractivity contribution in [2.45, 2.75) is 6.54 Å². The Labute approximate surface area is 146 Å². The smallest absolute Gasteiger partial charge is 0.263 e. The largest absolute Gasteiger partial charge is 0.497 e. The van der Waals surface area contributed by atoms with Crippen LogP contribution >= 0.6 is 0 Å². The fraction of sp³-hybridized carbons (Fsp3) is 0.158. The van der Waals surface area contributed by atoms with Gasteiger partial charge in [0.05, 0.1) is 19.9 Å². The molecule has 25 heavy (non-hydrogen) atoms. The maximum absolute atomic E-state index is 12.1. The van der Waals surface area contributed by atoms with Crippen molar-refractivity contribution in [2.24, 2.45) is 0 Å². The van der Waals surface area contributed by atoms with Gasteiger partial charge in [-0.2, -0.15) is 5.26 Å². The molecule has 0 saturated heterocycles. The fourth-order valence-corrected chi connectivity index (χ4v) is 2.09. The van der Waals surface area contributed by atoms with Gasteiger partial charge >= 0.3 is 0 Å². The van der Waals surface area contributed by atoms with Gasteiger partial charge in [0.2, 0.25) is 0 Å². The van der Waals surface area contributed by atoms with Gasteiger partial charge in [0.1, 0.15) is 23.1 Å². The number of nitrogens with zero attached hydrogens (tertiary/aromatic N) is 1. The van der Waals surface area contributed by atoms with E-state index in [1.165, 1.54) is 13.3 Å². The molecule has 0 fully saturated rings. The molecule has 2 aromatic rings. The van der Waals surface area contributed by atoms with Gasteiger partial charge in [0.25, 0.3) is 5.91 Å². The van der Waals surface area contributed by atoms with E-state index >= 15 is 0 Å². The average Bonchev–Trinajstić information content (AvgIpc) is 2.67. The van der Waals surface area contributed by atoms with Crippen LogP contribution in [0.3, 0.4) is 0 Å². The summed E-state index contributed by atoms with van der Waals surface area (Å²) < 4.78 is 10.4. The zero-order chi connectivity index (χ0) is 18.1. The number of carbonyl (C=O) groups is 1. The normalized spacial score (nSPS) is 10.5. The second-order valence-electron chi connectivity index (χ2n) is 5.05. The van der Waals surface area contributed by atoms with Gasteiger partial charge in [-0.1, -0.05) is 30.3 Å². The highest BCUT2D eigenvalue weighted by Crippen LogP contribution is 2.29. The third kappa shape index (κ3) is 5.01. The van der Waals surface area contributed by atoms with Crippen molar-refractivity contribution in [1.82, 2.24) is 5.32 Å². The Morgan fingerprint density at radius 1 is 1.16 bits per heavy atom. The van der Waals surface area contributed by atoms with Crippen molar-refractivity contribution in [3.05, 3.63) is 65.9 Å². The zero-order valence-corrected chi connectivity index (χ0v) is 14.1. The van der Waals surface area contributed by atoms with E-state index in [9.17, 15) is 10.1 Å². The Kier molecular flexibility index (Phi) is 6.43. The summed E-state index contributed by atoms with van der Waals surface area (Å²) >= 11 is 0. The van der Waals surface area contributed by atoms with Crippen molar-refractivity contribution >= 4 is 11.6 Å². The molecule has 0 spiro atoms. The summed E-state index contributed by atoms with van der Waals surface area (Å²) in [7, 11) is 3.09. The number of anilines is 1. The minimum atomic E-state index is -0.452. The van der Waals surface area contributed by atoms with Crippen molar-refractivity contribution < 1.29 is 14.3 Å². The highest BCUT2D eigenvalue weighted by molar-refractivity contribution is 5.97. The van der Waals surface area contributed by atoms with E-state index in [0.717, 1.165) is 5.56 Å². The Bertz CT molecular complexity index is 795. The topological polar surface area (TPSA) is 83.4 Å². The molecule has 2 aromatic carbocycles. The van der Waals surface area contributed by atoms with Crippen molar-refractivity contribution in [1.29, 1.82) is 5.26 Å². The lowest BCUT2D eigenvalue weighted by Crippen LogP contribution is -2.24. The molecule has 0 aliphatic heterocycles. The van der Waals surface area contributed by atoms with Crippen LogP contribution < -0.4 is 20.1 Å². The summed E-state index contributed by atoms with van der Waals surface area (Å²) in [6.07, 6.45) is 1.35. The number of nitrogens with one attached hydrogen (secondary N) is 2. The lowest BCUT2D eigenvalue weighted by atomic mass is 10.2. The first-order valence-corrected chi connectivity index (χ1v) is 7.59. The predicted octanol–water partition coefficient (Wildman–Crippen LogP) is 2.84. The molecule has 0 saturated carbocycles. The minimum absolute atomic E-state index is 0.0335. The second-order valence-corrected chi connectivity index (χ2v) is 5.05. The molecule has 6 heteroatoms. The number of hydrogen-bond donors (Lipinski definition) is 2. The Hall–Kier alpha value is -3.46. The van der Waals surface area contributed by atoms with Gasteiger partial charge in [0.15, 0.2) is 0 Å². The van der Waals surface area contributed by atoms with Crippen LogP contribution in [-0.4, -0.2) is 20.1 Å². The maximum atomic E-state index is 12.1. The van der Waals surface area contributed by atoms with Gasteiger partial charge in [-0.15, -0.1) is 0 Å². The summed E-state index contributed by atoms with van der Waals surface area (Å²) in [6, 6.07) is 16.6. The van der Waals surface area contributed by atoms with Crippen LogP contribution in [0, 0.1) is 11.3 Å². The minimum Gasteiger partial charge on any atom is -0.497 e. The zero-order valence-electron chi connectivity index (χ0n) is 14.1. The maximum Gasteiger partial charge on any atom is 0.263 e. The number of hydrogen-bond acceptors (Lipinski definition) is 5. The van der Waals surface area contributed by atoms with Crippen LogP contribution in [0.1, 0.15) is 5.56 Å². The molecule has 1 amide bonds. The van der Waals surface area contributed by atoms with E-state index in [-0.39, 0.29) is 5.57 Å². The molecule has 128 valence electrons. The summed E-state index contributed by atoms with van der Waals surface area (Å²) in [5.74, 6) is 0.733. The number of amides is 1. The Morgan fingerprint density at radius 3 is 2.56 bits per heavy atom. The van der Waals surface area contributed by atoms with E-state index < -0.39 is 5.91 Å². The number of rotatable bonds is 7. The molecule has 0 aromatic heterocycles. The number of carbonyl (C=O) groups excluding carboxylic acids is 1. The molecular weight excluding hydrogens is 318 g/mol. The van der Waals surface area contributed by atoms with Crippen LogP contribution in [0.25, 0.3) is 0 Å². The molecule has 0 atom stereocenters. The van der Waals surface area contributed by atoms with Gasteiger partial charge in [-0.05, 0) is 17.7 Å². The predicted molar refractivity (Wildman–Crippen MR) is 95.2 cm³/mol. The SMILES string of the molecule is COc1ccc(N/C=C(/C#N)C(=O)NCc2ccccc2)c(OC)c1. The number of nitriles is 1. The lowest BCUT2D eigenvalue weighted by molar-refractivity contribution is -0.117. The Balaban J connectivity index is 2.04. The Morgan fingerprint density at radius 2 is 1.92 bits per heavy atom. The monoisotopic (exact) mass is 337 g/mol. The summed E-state index contributed by atoms with van der Waals surface area (Å²) in [5.41, 5.74) is 1.54. The first-order chi connectivity index (χ1) is 12.2. The van der Waals surface area contributed by atoms with E-state index in [0.29, 0.717) is 23.7 Å². The molecule has 6 nitrogen and oxygen atoms in total. The fourth-order valence-electron chi connectivity index (χ4n) is 2.09. The van der Waals surface area contributed by atoms with Crippen LogP contribution in [-0.2, 0) is 11.3 Å². The second kappa shape index (κ2) is 8.99. The first kappa shape index (κ1) is 17.9. The van der Waals surface area contributed by atoms with Crippen LogP contribution in [0.2, 0.25) is 0 Å². The summed E-state index contributed by atoms with van der Waals surface area (Å²) in [4.78, 5) is 12.1. The van der Waals surface area contributed by atoms with Gasteiger partial charge in [0, 0.05) is 18.8 Å². The quantitative estimate of drug-likeness (QED) is 0.599. The van der Waals surface area contributed by atoms with Gasteiger partial charge in [-0.3, -0.25) is 4.79 Å². The van der Waals surface area contributed by atoms with Crippen LogP contribution in [0.15, 0.2) is 60.3 Å². The number of benzene rings is 2. The average molecular weight is 337 g/mol. The summed E-state index contributed by atoms with van der Waals surface area (Å²) in [5, 5.41) is 14.8. The van der Waals surface area contributed by atoms with E-state index in [2.05, 4.69) is 10.6 Å². The van der Waals surface area contributed by atoms with Crippen molar-refractivity contribution in [3.63, 3.8) is 0 Å².